The summed E-state index contributed by atoms with van der Waals surface area (Å²) < 4.78 is 80.6. The van der Waals surface area contributed by atoms with E-state index in [9.17, 15) is 30.6 Å². The summed E-state index contributed by atoms with van der Waals surface area (Å²) in [4.78, 5) is 36.8. The van der Waals surface area contributed by atoms with Crippen molar-refractivity contribution in [2.24, 2.45) is 31.7 Å². The Labute approximate surface area is 565 Å². The fourth-order valence-corrected chi connectivity index (χ4v) is 11.3. The molecule has 0 radical (unpaired) electrons. The lowest BCUT2D eigenvalue weighted by molar-refractivity contribution is 0.0508. The predicted octanol–water partition coefficient (Wildman–Crippen LogP) is 16.1. The highest BCUT2D eigenvalue weighted by Gasteiger charge is 2.22. The second-order valence-electron chi connectivity index (χ2n) is 19.7. The first-order valence-electron chi connectivity index (χ1n) is 28.3. The van der Waals surface area contributed by atoms with Gasteiger partial charge in [0.2, 0.25) is 0 Å². The van der Waals surface area contributed by atoms with Crippen LogP contribution in [0.25, 0.3) is 0 Å². The molecule has 0 aliphatic heterocycles. The first kappa shape index (κ1) is 71.6. The number of nitrogens with zero attached hydrogens (tertiary/aromatic N) is 5. The van der Waals surface area contributed by atoms with Gasteiger partial charge in [0.1, 0.15) is 36.7 Å². The van der Waals surface area contributed by atoms with E-state index in [2.05, 4.69) is 41.7 Å². The molecule has 24 heteroatoms. The number of halogens is 1. The Morgan fingerprint density at radius 1 is 0.457 bits per heavy atom. The largest absolute Gasteiger partial charge is 0.497 e. The fourth-order valence-electron chi connectivity index (χ4n) is 7.68. The fraction of sp³-hybridized carbons (Fsp3) is 0.100. The van der Waals surface area contributed by atoms with Crippen LogP contribution in [0.4, 0.5) is 0 Å². The number of aryl methyl sites for hydroxylation is 1. The van der Waals surface area contributed by atoms with Crippen LogP contribution in [0, 0.1) is 12.8 Å². The number of rotatable bonds is 21. The molecule has 94 heavy (non-hydrogen) atoms. The number of oxime groups is 5. The first-order valence-corrected chi connectivity index (χ1v) is 34.8. The second kappa shape index (κ2) is 36.4. The van der Waals surface area contributed by atoms with Crippen LogP contribution in [0.3, 0.4) is 0 Å². The Balaban J connectivity index is 0.000000181. The molecular weight excluding hydrogens is 1360 g/mol. The van der Waals surface area contributed by atoms with Gasteiger partial charge in [-0.25, -0.2) is 13.8 Å². The third-order valence-electron chi connectivity index (χ3n) is 12.6. The number of carbonyl (C=O) groups excluding carboxylic acids is 2. The summed E-state index contributed by atoms with van der Waals surface area (Å²) in [5, 5.41) is 23.3. The Morgan fingerprint density at radius 3 is 1.28 bits per heavy atom. The molecule has 0 fully saturated rings. The molecule has 0 saturated carbocycles. The molecule has 8 aromatic carbocycles. The predicted molar refractivity (Wildman–Crippen MR) is 373 cm³/mol. The zero-order chi connectivity index (χ0) is 67.3. The molecule has 2 heterocycles. The summed E-state index contributed by atoms with van der Waals surface area (Å²) in [7, 11) is -6.18. The number of ether oxygens (including phenoxy) is 1. The highest BCUT2D eigenvalue weighted by molar-refractivity contribution is 9.10. The van der Waals surface area contributed by atoms with Crippen LogP contribution in [0.15, 0.2) is 304 Å². The third-order valence-corrected chi connectivity index (χ3v) is 18.0. The molecule has 10 rings (SSSR count). The average Bonchev–Trinajstić information content (AvgIpc) is 1.26. The van der Waals surface area contributed by atoms with Gasteiger partial charge < -0.3 is 14.4 Å². The minimum absolute atomic E-state index is 0.0301. The lowest BCUT2D eigenvalue weighted by atomic mass is 10.00. The lowest BCUT2D eigenvalue weighted by Crippen LogP contribution is -2.20. The number of hydrogen-bond acceptors (Lipinski definition) is 20. The summed E-state index contributed by atoms with van der Waals surface area (Å²) in [6.07, 6.45) is 0. The van der Waals surface area contributed by atoms with Crippen LogP contribution in [-0.4, -0.2) is 68.7 Å². The van der Waals surface area contributed by atoms with Crippen LogP contribution in [-0.2, 0) is 53.8 Å². The van der Waals surface area contributed by atoms with Gasteiger partial charge in [0.05, 0.1) is 29.1 Å². The molecule has 0 saturated heterocycles. The van der Waals surface area contributed by atoms with Crippen LogP contribution in [0.2, 0.25) is 0 Å². The van der Waals surface area contributed by atoms with Gasteiger partial charge in [-0.05, 0) is 139 Å². The SMILES string of the molecule is C/C(=N\OS(=O)(=O)c1ccc(C)cc1)c1ccccc1.CC(C)/C(=N\OS(=O)(=O)c1ccc(Br)cc1)c1ccccc1.COc1ccc(/C(C)=N/OS(=O)c2ccccc2)cc1.O=C(O/N=C(\C(=N/OC(=O)c1cccs1)c1ccccc1)c1ccccc1)c1cccs1. The van der Waals surface area contributed by atoms with E-state index in [1.165, 1.54) is 46.9 Å². The van der Waals surface area contributed by atoms with E-state index >= 15 is 0 Å². The van der Waals surface area contributed by atoms with E-state index in [1.54, 1.807) is 129 Å². The van der Waals surface area contributed by atoms with Gasteiger partial charge in [0.25, 0.3) is 11.1 Å². The number of carbonyl (C=O) groups is 2. The van der Waals surface area contributed by atoms with Crippen molar-refractivity contribution in [2.45, 2.75) is 49.3 Å². The Kier molecular flexibility index (Phi) is 27.8. The Morgan fingerprint density at radius 2 is 0.851 bits per heavy atom. The minimum atomic E-state index is -3.92. The standard InChI is InChI=1S/C24H16N2O4S2.C16H16BrNO3S.2C15H15NO3S/c27-23(19-13-7-15-31-19)29-25-21(17-9-3-1-4-10-17)22(18-11-5-2-6-12-18)26-30-24(28)20-14-8-16-32-20;1-12(2)16(13-6-4-3-5-7-13)18-21-22(19,20)15-10-8-14(17)9-11-15;1-12(13-8-10-14(18-2)11-9-13)16-19-20(17)15-6-4-3-5-7-15;1-12-8-10-15(11-9-12)20(17,18)19-16-13(2)14-6-4-3-5-7-14/h1-16H;3-12H,1-2H3;2*3-11H,1-2H3/b25-21-,26-22-;18-16+;16-12+;16-13+. The van der Waals surface area contributed by atoms with Gasteiger partial charge >= 0.3 is 32.2 Å². The molecule has 482 valence electrons. The van der Waals surface area contributed by atoms with E-state index < -0.39 is 43.3 Å². The maximum atomic E-state index is 12.4. The maximum Gasteiger partial charge on any atom is 0.375 e. The molecule has 10 aromatic rings. The summed E-state index contributed by atoms with van der Waals surface area (Å²) in [5.41, 5.74) is 7.03. The van der Waals surface area contributed by atoms with Gasteiger partial charge in [-0.1, -0.05) is 225 Å². The molecule has 1 unspecified atom stereocenters. The average molecular weight is 1420 g/mol. The zero-order valence-corrected chi connectivity index (χ0v) is 57.0. The number of benzene rings is 8. The summed E-state index contributed by atoms with van der Waals surface area (Å²) in [6, 6.07) is 72.6. The zero-order valence-electron chi connectivity index (χ0n) is 51.4. The van der Waals surface area contributed by atoms with Crippen LogP contribution in [0.5, 0.6) is 5.75 Å². The van der Waals surface area contributed by atoms with E-state index in [0.29, 0.717) is 42.9 Å². The topological polar surface area (TPSA) is 237 Å². The molecule has 18 nitrogen and oxygen atoms in total. The molecule has 0 aliphatic rings. The smallest absolute Gasteiger partial charge is 0.375 e. The van der Waals surface area contributed by atoms with E-state index in [1.807, 2.05) is 148 Å². The number of methoxy groups -OCH3 is 1. The van der Waals surface area contributed by atoms with Crippen molar-refractivity contribution in [3.63, 3.8) is 0 Å². The van der Waals surface area contributed by atoms with Crippen molar-refractivity contribution in [1.82, 2.24) is 0 Å². The first-order chi connectivity index (χ1) is 45.3. The quantitative estimate of drug-likeness (QED) is 0.0370. The second-order valence-corrected chi connectivity index (χ2v) is 26.7. The lowest BCUT2D eigenvalue weighted by Gasteiger charge is -2.10. The van der Waals surface area contributed by atoms with Gasteiger partial charge in [-0.2, -0.15) is 16.8 Å². The summed E-state index contributed by atoms with van der Waals surface area (Å²) in [6.45, 7) is 9.24. The summed E-state index contributed by atoms with van der Waals surface area (Å²) >= 11 is 4.17. The van der Waals surface area contributed by atoms with Crippen molar-refractivity contribution in [3.8, 4) is 5.75 Å². The van der Waals surface area contributed by atoms with Crippen molar-refractivity contribution >= 4 is 110 Å². The van der Waals surface area contributed by atoms with Crippen molar-refractivity contribution in [2.75, 3.05) is 7.11 Å². The van der Waals surface area contributed by atoms with Crippen molar-refractivity contribution in [3.05, 3.63) is 307 Å². The summed E-state index contributed by atoms with van der Waals surface area (Å²) in [5.74, 6) is -0.370. The molecule has 0 bridgehead atoms. The van der Waals surface area contributed by atoms with Crippen molar-refractivity contribution in [1.29, 1.82) is 0 Å². The van der Waals surface area contributed by atoms with Crippen molar-refractivity contribution < 1.29 is 57.9 Å². The molecule has 0 amide bonds. The molecule has 1 atom stereocenters. The molecule has 0 N–H and O–H groups in total. The minimum Gasteiger partial charge on any atom is -0.497 e. The monoisotopic (exact) mass is 1420 g/mol. The molecule has 0 aliphatic carbocycles. The van der Waals surface area contributed by atoms with Crippen LogP contribution in [0.1, 0.15) is 80.4 Å². The van der Waals surface area contributed by atoms with Crippen LogP contribution < -0.4 is 4.74 Å². The van der Waals surface area contributed by atoms with E-state index in [4.69, 9.17) is 27.3 Å². The molecular formula is C70H62BrN5O13S5. The van der Waals surface area contributed by atoms with E-state index in [-0.39, 0.29) is 27.1 Å². The molecule has 0 spiro atoms. The van der Waals surface area contributed by atoms with Gasteiger partial charge in [0, 0.05) is 15.6 Å². The highest BCUT2D eigenvalue weighted by Crippen LogP contribution is 2.21. The Bertz CT molecular complexity index is 4340. The third kappa shape index (κ3) is 22.5. The highest BCUT2D eigenvalue weighted by atomic mass is 79.9. The molecule has 2 aromatic heterocycles. The van der Waals surface area contributed by atoms with Gasteiger partial charge in [0.15, 0.2) is 0 Å². The van der Waals surface area contributed by atoms with Gasteiger partial charge in [-0.3, -0.25) is 12.9 Å². The van der Waals surface area contributed by atoms with Gasteiger partial charge in [-0.15, -0.1) is 22.7 Å². The van der Waals surface area contributed by atoms with E-state index in [0.717, 1.165) is 32.5 Å². The van der Waals surface area contributed by atoms with Crippen LogP contribution >= 0.6 is 38.6 Å². The number of hydrogen-bond donors (Lipinski definition) is 0. The Hall–Kier alpha value is -9.82. The number of thiophene rings is 2. The normalized spacial score (nSPS) is 12.2. The maximum absolute atomic E-state index is 12.4.